The third-order valence-electron chi connectivity index (χ3n) is 2.32. The lowest BCUT2D eigenvalue weighted by atomic mass is 10.4. The van der Waals surface area contributed by atoms with Gasteiger partial charge < -0.3 is 10.1 Å². The lowest BCUT2D eigenvalue weighted by molar-refractivity contribution is -0.134. The summed E-state index contributed by atoms with van der Waals surface area (Å²) in [5, 5.41) is 6.27. The summed E-state index contributed by atoms with van der Waals surface area (Å²) in [7, 11) is 1.23. The van der Waals surface area contributed by atoms with E-state index in [0.717, 1.165) is 10.8 Å². The summed E-state index contributed by atoms with van der Waals surface area (Å²) in [5.74, 6) is -1.02. The van der Waals surface area contributed by atoms with Gasteiger partial charge in [-0.2, -0.15) is 5.10 Å². The zero-order chi connectivity index (χ0) is 15.1. The minimum absolute atomic E-state index is 0.0954. The highest BCUT2D eigenvalue weighted by Gasteiger charge is 2.16. The number of hydrogen-bond donors (Lipinski definition) is 1. The zero-order valence-corrected chi connectivity index (χ0v) is 11.1. The SMILES string of the molecule is COC(=O)/C=C/CNC(=O)Cn1nc(C)cc1C(F)F. The summed E-state index contributed by atoms with van der Waals surface area (Å²) in [6.45, 7) is 1.36. The van der Waals surface area contributed by atoms with Gasteiger partial charge in [0.05, 0.1) is 12.8 Å². The molecule has 6 nitrogen and oxygen atoms in total. The van der Waals surface area contributed by atoms with Crippen molar-refractivity contribution in [2.24, 2.45) is 0 Å². The van der Waals surface area contributed by atoms with Crippen molar-refractivity contribution < 1.29 is 23.1 Å². The van der Waals surface area contributed by atoms with Crippen molar-refractivity contribution in [3.63, 3.8) is 0 Å². The van der Waals surface area contributed by atoms with Crippen LogP contribution in [0.3, 0.4) is 0 Å². The molecule has 0 aromatic carbocycles. The van der Waals surface area contributed by atoms with Gasteiger partial charge in [-0.15, -0.1) is 0 Å². The van der Waals surface area contributed by atoms with Crippen LogP contribution in [0.2, 0.25) is 0 Å². The molecular weight excluding hydrogens is 272 g/mol. The number of aromatic nitrogens is 2. The molecule has 0 atom stereocenters. The van der Waals surface area contributed by atoms with Crippen molar-refractivity contribution in [2.45, 2.75) is 19.9 Å². The Balaban J connectivity index is 2.51. The molecule has 8 heteroatoms. The van der Waals surface area contributed by atoms with Gasteiger partial charge in [0.2, 0.25) is 5.91 Å². The van der Waals surface area contributed by atoms with Crippen LogP contribution in [0.1, 0.15) is 17.8 Å². The first-order valence-corrected chi connectivity index (χ1v) is 5.77. The van der Waals surface area contributed by atoms with Gasteiger partial charge in [-0.1, -0.05) is 6.08 Å². The molecule has 1 aromatic rings. The minimum Gasteiger partial charge on any atom is -0.466 e. The molecule has 0 bridgehead atoms. The van der Waals surface area contributed by atoms with Gasteiger partial charge in [0, 0.05) is 12.6 Å². The van der Waals surface area contributed by atoms with Gasteiger partial charge >= 0.3 is 5.97 Å². The molecule has 1 heterocycles. The number of esters is 1. The third kappa shape index (κ3) is 4.79. The molecule has 0 unspecified atom stereocenters. The maximum atomic E-state index is 12.7. The standard InChI is InChI=1S/C12H15F2N3O3/c1-8-6-9(12(13)14)17(16-8)7-10(18)15-5-3-4-11(19)20-2/h3-4,6,12H,5,7H2,1-2H3,(H,15,18)/b4-3+. The Bertz CT molecular complexity index is 512. The number of aryl methyl sites for hydroxylation is 1. The van der Waals surface area contributed by atoms with Gasteiger partial charge in [-0.05, 0) is 13.0 Å². The Labute approximate surface area is 114 Å². The minimum atomic E-state index is -2.69. The van der Waals surface area contributed by atoms with Crippen LogP contribution in [0.15, 0.2) is 18.2 Å². The number of ether oxygens (including phenoxy) is 1. The molecule has 1 N–H and O–H groups in total. The smallest absolute Gasteiger partial charge is 0.330 e. The van der Waals surface area contributed by atoms with E-state index in [4.69, 9.17) is 0 Å². The lowest BCUT2D eigenvalue weighted by Crippen LogP contribution is -2.28. The van der Waals surface area contributed by atoms with Crippen molar-refractivity contribution in [2.75, 3.05) is 13.7 Å². The lowest BCUT2D eigenvalue weighted by Gasteiger charge is -2.06. The number of alkyl halides is 2. The van der Waals surface area contributed by atoms with E-state index in [1.165, 1.54) is 19.3 Å². The highest BCUT2D eigenvalue weighted by Crippen LogP contribution is 2.19. The first-order chi connectivity index (χ1) is 9.43. The summed E-state index contributed by atoms with van der Waals surface area (Å²) in [5.41, 5.74) is 0.112. The predicted molar refractivity (Wildman–Crippen MR) is 66.1 cm³/mol. The van der Waals surface area contributed by atoms with E-state index < -0.39 is 18.3 Å². The molecule has 0 saturated carbocycles. The topological polar surface area (TPSA) is 73.2 Å². The fraction of sp³-hybridized carbons (Fsp3) is 0.417. The maximum absolute atomic E-state index is 12.7. The van der Waals surface area contributed by atoms with Crippen molar-refractivity contribution in [3.8, 4) is 0 Å². The molecule has 0 spiro atoms. The monoisotopic (exact) mass is 287 g/mol. The average Bonchev–Trinajstić information content (AvgIpc) is 2.75. The van der Waals surface area contributed by atoms with Crippen LogP contribution in [-0.4, -0.2) is 35.3 Å². The second-order valence-corrected chi connectivity index (χ2v) is 3.90. The maximum Gasteiger partial charge on any atom is 0.330 e. The van der Waals surface area contributed by atoms with Crippen LogP contribution in [0.25, 0.3) is 0 Å². The second-order valence-electron chi connectivity index (χ2n) is 3.90. The Morgan fingerprint density at radius 3 is 2.85 bits per heavy atom. The highest BCUT2D eigenvalue weighted by atomic mass is 19.3. The third-order valence-corrected chi connectivity index (χ3v) is 2.32. The number of carbonyl (C=O) groups excluding carboxylic acids is 2. The second kappa shape index (κ2) is 7.37. The quantitative estimate of drug-likeness (QED) is 0.625. The van der Waals surface area contributed by atoms with Gasteiger partial charge in [0.1, 0.15) is 12.2 Å². The highest BCUT2D eigenvalue weighted by molar-refractivity contribution is 5.82. The summed E-state index contributed by atoms with van der Waals surface area (Å²) in [6.07, 6.45) is -0.141. The molecule has 0 radical (unpaired) electrons. The molecule has 1 amide bonds. The van der Waals surface area contributed by atoms with Crippen LogP contribution in [0.4, 0.5) is 8.78 Å². The van der Waals surface area contributed by atoms with E-state index in [9.17, 15) is 18.4 Å². The number of rotatable bonds is 6. The fourth-order valence-electron chi connectivity index (χ4n) is 1.46. The molecule has 1 aromatic heterocycles. The summed E-state index contributed by atoms with van der Waals surface area (Å²) in [4.78, 5) is 22.3. The van der Waals surface area contributed by atoms with E-state index in [0.29, 0.717) is 5.69 Å². The summed E-state index contributed by atoms with van der Waals surface area (Å²) >= 11 is 0. The number of carbonyl (C=O) groups is 2. The van der Waals surface area contributed by atoms with Crippen LogP contribution in [0.5, 0.6) is 0 Å². The first-order valence-electron chi connectivity index (χ1n) is 5.77. The fourth-order valence-corrected chi connectivity index (χ4v) is 1.46. The molecule has 0 aliphatic rings. The normalized spacial score (nSPS) is 11.1. The number of nitrogens with zero attached hydrogens (tertiary/aromatic N) is 2. The number of amides is 1. The van der Waals surface area contributed by atoms with E-state index in [1.807, 2.05) is 0 Å². The van der Waals surface area contributed by atoms with Crippen molar-refractivity contribution >= 4 is 11.9 Å². The van der Waals surface area contributed by atoms with Crippen LogP contribution in [-0.2, 0) is 20.9 Å². The molecule has 20 heavy (non-hydrogen) atoms. The van der Waals surface area contributed by atoms with Crippen LogP contribution < -0.4 is 5.32 Å². The number of methoxy groups -OCH3 is 1. The van der Waals surface area contributed by atoms with Crippen molar-refractivity contribution in [1.82, 2.24) is 15.1 Å². The van der Waals surface area contributed by atoms with Gasteiger partial charge in [0.25, 0.3) is 6.43 Å². The Kier molecular flexibility index (Phi) is 5.82. The Morgan fingerprint density at radius 1 is 1.55 bits per heavy atom. The van der Waals surface area contributed by atoms with E-state index in [1.54, 1.807) is 6.92 Å². The van der Waals surface area contributed by atoms with Crippen molar-refractivity contribution in [1.29, 1.82) is 0 Å². The Morgan fingerprint density at radius 2 is 2.25 bits per heavy atom. The summed E-state index contributed by atoms with van der Waals surface area (Å²) < 4.78 is 30.7. The first kappa shape index (κ1) is 15.8. The Hall–Kier alpha value is -2.25. The van der Waals surface area contributed by atoms with E-state index in [-0.39, 0.29) is 18.8 Å². The number of halogens is 2. The van der Waals surface area contributed by atoms with Crippen LogP contribution in [0, 0.1) is 6.92 Å². The van der Waals surface area contributed by atoms with Gasteiger partial charge in [-0.25, -0.2) is 13.6 Å². The zero-order valence-electron chi connectivity index (χ0n) is 11.1. The summed E-state index contributed by atoms with van der Waals surface area (Å²) in [6, 6.07) is 1.23. The van der Waals surface area contributed by atoms with Gasteiger partial charge in [-0.3, -0.25) is 9.48 Å². The molecule has 1 rings (SSSR count). The molecular formula is C12H15F2N3O3. The van der Waals surface area contributed by atoms with Gasteiger partial charge in [0.15, 0.2) is 0 Å². The average molecular weight is 287 g/mol. The molecule has 0 aliphatic heterocycles. The number of nitrogens with one attached hydrogen (secondary N) is 1. The predicted octanol–water partition coefficient (Wildman–Crippen LogP) is 0.975. The number of hydrogen-bond acceptors (Lipinski definition) is 4. The molecule has 0 aliphatic carbocycles. The van der Waals surface area contributed by atoms with E-state index in [2.05, 4.69) is 15.2 Å². The van der Waals surface area contributed by atoms with E-state index >= 15 is 0 Å². The molecule has 0 fully saturated rings. The largest absolute Gasteiger partial charge is 0.466 e. The molecule has 0 saturated heterocycles. The van der Waals surface area contributed by atoms with Crippen molar-refractivity contribution in [3.05, 3.63) is 29.6 Å². The van der Waals surface area contributed by atoms with Crippen LogP contribution >= 0.6 is 0 Å². The molecule has 110 valence electrons.